The molecular formula is C16H23NO. The summed E-state index contributed by atoms with van der Waals surface area (Å²) in [5.41, 5.74) is 1.31. The molecule has 18 heavy (non-hydrogen) atoms. The van der Waals surface area contributed by atoms with Gasteiger partial charge in [-0.15, -0.1) is 6.58 Å². The predicted octanol–water partition coefficient (Wildman–Crippen LogP) is 3.33. The molecule has 0 radical (unpaired) electrons. The fourth-order valence-corrected chi connectivity index (χ4v) is 2.49. The number of rotatable bonds is 7. The molecule has 98 valence electrons. The van der Waals surface area contributed by atoms with E-state index < -0.39 is 0 Å². The number of allylic oxidation sites excluding steroid dienone is 1. The van der Waals surface area contributed by atoms with Crippen molar-refractivity contribution in [1.82, 2.24) is 5.32 Å². The molecule has 0 aromatic heterocycles. The Labute approximate surface area is 110 Å². The lowest BCUT2D eigenvalue weighted by atomic mass is 9.77. The lowest BCUT2D eigenvalue weighted by molar-refractivity contribution is -0.0145. The minimum Gasteiger partial charge on any atom is -0.487 e. The molecule has 0 spiro atoms. The summed E-state index contributed by atoms with van der Waals surface area (Å²) in [6.07, 6.45) is 7.54. The second kappa shape index (κ2) is 6.05. The van der Waals surface area contributed by atoms with Crippen LogP contribution in [0.2, 0.25) is 0 Å². The largest absolute Gasteiger partial charge is 0.487 e. The van der Waals surface area contributed by atoms with E-state index in [0.29, 0.717) is 0 Å². The first-order valence-electron chi connectivity index (χ1n) is 6.82. The summed E-state index contributed by atoms with van der Waals surface area (Å²) in [7, 11) is 2.00. The smallest absolute Gasteiger partial charge is 0.123 e. The van der Waals surface area contributed by atoms with Crippen LogP contribution in [0.4, 0.5) is 0 Å². The summed E-state index contributed by atoms with van der Waals surface area (Å²) >= 11 is 0. The molecule has 1 aliphatic carbocycles. The topological polar surface area (TPSA) is 21.3 Å². The van der Waals surface area contributed by atoms with E-state index >= 15 is 0 Å². The molecule has 0 amide bonds. The van der Waals surface area contributed by atoms with Gasteiger partial charge in [-0.2, -0.15) is 0 Å². The second-order valence-electron chi connectivity index (χ2n) is 5.09. The van der Waals surface area contributed by atoms with Crippen molar-refractivity contribution in [3.63, 3.8) is 0 Å². The summed E-state index contributed by atoms with van der Waals surface area (Å²) in [6, 6.07) is 8.32. The zero-order valence-corrected chi connectivity index (χ0v) is 11.2. The van der Waals surface area contributed by atoms with Crippen molar-refractivity contribution >= 4 is 0 Å². The van der Waals surface area contributed by atoms with E-state index in [1.54, 1.807) is 0 Å². The Bertz CT molecular complexity index is 396. The molecule has 1 aliphatic rings. The number of hydrogen-bond acceptors (Lipinski definition) is 2. The van der Waals surface area contributed by atoms with Gasteiger partial charge in [-0.05, 0) is 57.3 Å². The average Bonchev–Trinajstić information content (AvgIpc) is 2.35. The van der Waals surface area contributed by atoms with E-state index in [2.05, 4.69) is 30.1 Å². The van der Waals surface area contributed by atoms with Crippen LogP contribution in [0.15, 0.2) is 36.9 Å². The highest BCUT2D eigenvalue weighted by Crippen LogP contribution is 2.40. The number of ether oxygens (including phenoxy) is 1. The van der Waals surface area contributed by atoms with Gasteiger partial charge in [-0.3, -0.25) is 0 Å². The third-order valence-electron chi connectivity index (χ3n) is 3.76. The van der Waals surface area contributed by atoms with Crippen molar-refractivity contribution < 1.29 is 4.74 Å². The van der Waals surface area contributed by atoms with Gasteiger partial charge in [-0.25, -0.2) is 0 Å². The van der Waals surface area contributed by atoms with Gasteiger partial charge in [0.2, 0.25) is 0 Å². The molecule has 2 rings (SSSR count). The van der Waals surface area contributed by atoms with Gasteiger partial charge in [-0.1, -0.05) is 24.3 Å². The van der Waals surface area contributed by atoms with Crippen LogP contribution < -0.4 is 10.1 Å². The van der Waals surface area contributed by atoms with Gasteiger partial charge in [0.25, 0.3) is 0 Å². The van der Waals surface area contributed by atoms with Crippen LogP contribution >= 0.6 is 0 Å². The SMILES string of the molecule is C=CCc1ccccc1OC1(CCNC)CCC1. The number of benzene rings is 1. The summed E-state index contributed by atoms with van der Waals surface area (Å²) in [5, 5.41) is 3.22. The third-order valence-corrected chi connectivity index (χ3v) is 3.76. The van der Waals surface area contributed by atoms with Crippen LogP contribution in [0, 0.1) is 0 Å². The molecule has 1 saturated carbocycles. The predicted molar refractivity (Wildman–Crippen MR) is 76.1 cm³/mol. The van der Waals surface area contributed by atoms with Gasteiger partial charge in [0.05, 0.1) is 0 Å². The van der Waals surface area contributed by atoms with E-state index in [-0.39, 0.29) is 5.60 Å². The van der Waals surface area contributed by atoms with Crippen molar-refractivity contribution in [2.75, 3.05) is 13.6 Å². The molecule has 0 aliphatic heterocycles. The standard InChI is InChI=1S/C16H23NO/c1-3-7-14-8-4-5-9-15(14)18-16(10-6-11-16)12-13-17-2/h3-5,8-9,17H,1,6-7,10-13H2,2H3. The first-order valence-corrected chi connectivity index (χ1v) is 6.82. The van der Waals surface area contributed by atoms with Crippen LogP contribution in [-0.4, -0.2) is 19.2 Å². The van der Waals surface area contributed by atoms with Gasteiger partial charge in [0, 0.05) is 0 Å². The molecule has 2 nitrogen and oxygen atoms in total. The molecule has 1 fully saturated rings. The van der Waals surface area contributed by atoms with Crippen LogP contribution in [0.3, 0.4) is 0 Å². The molecule has 2 heteroatoms. The summed E-state index contributed by atoms with van der Waals surface area (Å²) in [5.74, 6) is 1.04. The Morgan fingerprint density at radius 3 is 2.78 bits per heavy atom. The Kier molecular flexibility index (Phi) is 4.43. The maximum Gasteiger partial charge on any atom is 0.123 e. The average molecular weight is 245 g/mol. The molecule has 0 bridgehead atoms. The Morgan fingerprint density at radius 1 is 1.39 bits per heavy atom. The zero-order valence-electron chi connectivity index (χ0n) is 11.2. The molecule has 1 N–H and O–H groups in total. The summed E-state index contributed by atoms with van der Waals surface area (Å²) < 4.78 is 6.34. The molecule has 0 unspecified atom stereocenters. The van der Waals surface area contributed by atoms with Crippen LogP contribution in [0.5, 0.6) is 5.75 Å². The van der Waals surface area contributed by atoms with E-state index in [4.69, 9.17) is 4.74 Å². The van der Waals surface area contributed by atoms with E-state index in [1.165, 1.54) is 24.8 Å². The highest BCUT2D eigenvalue weighted by atomic mass is 16.5. The fraction of sp³-hybridized carbons (Fsp3) is 0.500. The van der Waals surface area contributed by atoms with Crippen LogP contribution in [0.25, 0.3) is 0 Å². The minimum atomic E-state index is 0.0697. The fourth-order valence-electron chi connectivity index (χ4n) is 2.49. The van der Waals surface area contributed by atoms with Crippen molar-refractivity contribution in [1.29, 1.82) is 0 Å². The molecule has 0 heterocycles. The highest BCUT2D eigenvalue weighted by Gasteiger charge is 2.38. The number of para-hydroxylation sites is 1. The van der Waals surface area contributed by atoms with E-state index in [9.17, 15) is 0 Å². The lowest BCUT2D eigenvalue weighted by Gasteiger charge is -2.42. The first-order chi connectivity index (χ1) is 8.79. The third kappa shape index (κ3) is 2.94. The molecule has 0 atom stereocenters. The van der Waals surface area contributed by atoms with Crippen molar-refractivity contribution in [2.24, 2.45) is 0 Å². The van der Waals surface area contributed by atoms with E-state index in [1.807, 2.05) is 19.2 Å². The Morgan fingerprint density at radius 2 is 2.17 bits per heavy atom. The Hall–Kier alpha value is -1.28. The highest BCUT2D eigenvalue weighted by molar-refractivity contribution is 5.35. The summed E-state index contributed by atoms with van der Waals surface area (Å²) in [4.78, 5) is 0. The number of nitrogens with one attached hydrogen (secondary N) is 1. The monoisotopic (exact) mass is 245 g/mol. The van der Waals surface area contributed by atoms with Crippen molar-refractivity contribution in [3.8, 4) is 5.75 Å². The quantitative estimate of drug-likeness (QED) is 0.744. The zero-order chi connectivity index (χ0) is 12.8. The summed E-state index contributed by atoms with van der Waals surface area (Å²) in [6.45, 7) is 4.83. The van der Waals surface area contributed by atoms with Crippen LogP contribution in [-0.2, 0) is 6.42 Å². The first kappa shape index (κ1) is 13.2. The maximum absolute atomic E-state index is 6.34. The molecule has 1 aromatic rings. The molecule has 1 aromatic carbocycles. The van der Waals surface area contributed by atoms with E-state index in [0.717, 1.165) is 25.1 Å². The van der Waals surface area contributed by atoms with Crippen LogP contribution in [0.1, 0.15) is 31.2 Å². The molecular weight excluding hydrogens is 222 g/mol. The van der Waals surface area contributed by atoms with Crippen molar-refractivity contribution in [2.45, 2.75) is 37.7 Å². The Balaban J connectivity index is 2.09. The van der Waals surface area contributed by atoms with Gasteiger partial charge in [0.1, 0.15) is 11.4 Å². The second-order valence-corrected chi connectivity index (χ2v) is 5.09. The molecule has 0 saturated heterocycles. The van der Waals surface area contributed by atoms with Gasteiger partial charge < -0.3 is 10.1 Å². The maximum atomic E-state index is 6.34. The number of hydrogen-bond donors (Lipinski definition) is 1. The minimum absolute atomic E-state index is 0.0697. The van der Waals surface area contributed by atoms with Gasteiger partial charge in [0.15, 0.2) is 0 Å². The van der Waals surface area contributed by atoms with Gasteiger partial charge >= 0.3 is 0 Å². The normalized spacial score (nSPS) is 16.9. The lowest BCUT2D eigenvalue weighted by Crippen LogP contribution is -2.45. The van der Waals surface area contributed by atoms with Crippen molar-refractivity contribution in [3.05, 3.63) is 42.5 Å².